The van der Waals surface area contributed by atoms with Crippen LogP contribution in [0.15, 0.2) is 60.7 Å². The van der Waals surface area contributed by atoms with Crippen molar-refractivity contribution in [2.24, 2.45) is 0 Å². The Kier molecular flexibility index (Phi) is 7.01. The highest BCUT2D eigenvalue weighted by Crippen LogP contribution is 2.26. The molecule has 2 aromatic carbocycles. The molecule has 156 valence electrons. The van der Waals surface area contributed by atoms with Crippen LogP contribution in [0.2, 0.25) is 0 Å². The summed E-state index contributed by atoms with van der Waals surface area (Å²) in [5, 5.41) is 0. The summed E-state index contributed by atoms with van der Waals surface area (Å²) < 4.78 is 11.8. The van der Waals surface area contributed by atoms with E-state index in [0.717, 1.165) is 16.7 Å². The maximum absolute atomic E-state index is 12.0. The van der Waals surface area contributed by atoms with Gasteiger partial charge in [-0.2, -0.15) is 0 Å². The number of benzene rings is 2. The second kappa shape index (κ2) is 9.87. The van der Waals surface area contributed by atoms with Crippen molar-refractivity contribution >= 4 is 16.9 Å². The molecule has 6 nitrogen and oxygen atoms in total. The van der Waals surface area contributed by atoms with E-state index < -0.39 is 0 Å². The topological polar surface area (TPSA) is 64.6 Å². The van der Waals surface area contributed by atoms with Crippen molar-refractivity contribution in [2.75, 3.05) is 13.1 Å². The number of ether oxygens (including phenoxy) is 2. The quantitative estimate of drug-likeness (QED) is 0.498. The second-order valence-corrected chi connectivity index (χ2v) is 6.87. The van der Waals surface area contributed by atoms with Crippen LogP contribution in [0.1, 0.15) is 26.5 Å². The molecule has 1 aromatic heterocycles. The summed E-state index contributed by atoms with van der Waals surface area (Å²) in [7, 11) is 0. The fourth-order valence-corrected chi connectivity index (χ4v) is 2.98. The molecule has 6 heteroatoms. The first-order valence-corrected chi connectivity index (χ1v) is 10.1. The summed E-state index contributed by atoms with van der Waals surface area (Å²) in [4.78, 5) is 22.9. The number of likely N-dealkylation sites (N-methyl/N-ethyl adjacent to an activating group) is 1. The highest BCUT2D eigenvalue weighted by molar-refractivity contribution is 5.87. The van der Waals surface area contributed by atoms with Crippen LogP contribution >= 0.6 is 0 Å². The van der Waals surface area contributed by atoms with E-state index in [-0.39, 0.29) is 12.0 Å². The van der Waals surface area contributed by atoms with Crippen LogP contribution in [0.25, 0.3) is 11.0 Å². The zero-order valence-electron chi connectivity index (χ0n) is 17.8. The molecule has 0 bridgehead atoms. The largest absolute Gasteiger partial charge is 0.487 e. The van der Waals surface area contributed by atoms with E-state index in [1.54, 1.807) is 17.1 Å². The molecule has 0 aliphatic rings. The lowest BCUT2D eigenvalue weighted by molar-refractivity contribution is -0.125. The number of carbonyl (C=O) groups is 1. The first-order chi connectivity index (χ1) is 14.5. The van der Waals surface area contributed by atoms with Gasteiger partial charge in [0.05, 0.1) is 11.0 Å². The molecule has 0 spiro atoms. The molecular formula is C24H27N3O3. The van der Waals surface area contributed by atoms with Crippen molar-refractivity contribution in [3.8, 4) is 17.4 Å². The van der Waals surface area contributed by atoms with Crippen molar-refractivity contribution in [1.82, 2.24) is 14.9 Å². The Morgan fingerprint density at radius 3 is 2.23 bits per heavy atom. The number of hydrogen-bond donors (Lipinski definition) is 0. The average Bonchev–Trinajstić information content (AvgIpc) is 2.75. The van der Waals surface area contributed by atoms with E-state index in [0.29, 0.717) is 30.5 Å². The zero-order chi connectivity index (χ0) is 21.5. The van der Waals surface area contributed by atoms with E-state index in [1.165, 1.54) is 0 Å². The second-order valence-electron chi connectivity index (χ2n) is 6.87. The number of nitrogens with zero attached hydrogens (tertiary/aromatic N) is 3. The molecule has 30 heavy (non-hydrogen) atoms. The molecule has 3 rings (SSSR count). The number of amides is 1. The van der Waals surface area contributed by atoms with Gasteiger partial charge in [0.25, 0.3) is 0 Å². The van der Waals surface area contributed by atoms with Gasteiger partial charge in [0, 0.05) is 19.2 Å². The van der Waals surface area contributed by atoms with Crippen molar-refractivity contribution in [2.45, 2.75) is 33.8 Å². The number of hydrogen-bond acceptors (Lipinski definition) is 5. The third-order valence-electron chi connectivity index (χ3n) is 4.65. The summed E-state index contributed by atoms with van der Waals surface area (Å²) in [6, 6.07) is 15.0. The van der Waals surface area contributed by atoms with E-state index in [9.17, 15) is 4.79 Å². The minimum atomic E-state index is -0.232. The Balaban J connectivity index is 1.62. The Morgan fingerprint density at radius 1 is 1.00 bits per heavy atom. The normalized spacial score (nSPS) is 12.1. The minimum Gasteiger partial charge on any atom is -0.487 e. The minimum absolute atomic E-state index is 0.00828. The first kappa shape index (κ1) is 21.3. The fourth-order valence-electron chi connectivity index (χ4n) is 2.98. The molecule has 0 aliphatic carbocycles. The third kappa shape index (κ3) is 5.35. The van der Waals surface area contributed by atoms with Crippen LogP contribution < -0.4 is 9.47 Å². The number of rotatable bonds is 8. The summed E-state index contributed by atoms with van der Waals surface area (Å²) in [6.07, 6.45) is 3.10. The maximum Gasteiger partial charge on any atom is 0.246 e. The lowest BCUT2D eigenvalue weighted by Crippen LogP contribution is -2.29. The van der Waals surface area contributed by atoms with Gasteiger partial charge in [-0.25, -0.2) is 9.97 Å². The van der Waals surface area contributed by atoms with Crippen molar-refractivity contribution < 1.29 is 14.3 Å². The van der Waals surface area contributed by atoms with Gasteiger partial charge in [-0.1, -0.05) is 12.1 Å². The van der Waals surface area contributed by atoms with Crippen LogP contribution in [0, 0.1) is 6.92 Å². The Labute approximate surface area is 177 Å². The molecule has 1 amide bonds. The number of aromatic nitrogens is 2. The highest BCUT2D eigenvalue weighted by Gasteiger charge is 2.09. The molecule has 1 heterocycles. The monoisotopic (exact) mass is 405 g/mol. The molecule has 0 N–H and O–H groups in total. The van der Waals surface area contributed by atoms with Crippen LogP contribution in [0.5, 0.6) is 17.4 Å². The van der Waals surface area contributed by atoms with Gasteiger partial charge >= 0.3 is 0 Å². The third-order valence-corrected chi connectivity index (χ3v) is 4.65. The molecule has 0 saturated carbocycles. The van der Waals surface area contributed by atoms with E-state index in [2.05, 4.69) is 9.97 Å². The molecule has 0 aliphatic heterocycles. The van der Waals surface area contributed by atoms with Gasteiger partial charge in [-0.15, -0.1) is 0 Å². The van der Waals surface area contributed by atoms with Crippen LogP contribution in [0.3, 0.4) is 0 Å². The van der Waals surface area contributed by atoms with Crippen LogP contribution in [0.4, 0.5) is 0 Å². The SMILES string of the molecule is CCN(CC)C(=O)C=CC(C)Oc1ccc(Oc2nc3ccccc3nc2C)cc1. The Bertz CT molecular complexity index is 1030. The average molecular weight is 405 g/mol. The summed E-state index contributed by atoms with van der Waals surface area (Å²) >= 11 is 0. The predicted octanol–water partition coefficient (Wildman–Crippen LogP) is 4.92. The summed E-state index contributed by atoms with van der Waals surface area (Å²) in [5.74, 6) is 1.81. The Morgan fingerprint density at radius 2 is 1.60 bits per heavy atom. The van der Waals surface area contributed by atoms with Crippen LogP contribution in [-0.2, 0) is 4.79 Å². The predicted molar refractivity (Wildman–Crippen MR) is 118 cm³/mol. The fraction of sp³-hybridized carbons (Fsp3) is 0.292. The van der Waals surface area contributed by atoms with Crippen LogP contribution in [-0.4, -0.2) is 40.0 Å². The number of carbonyl (C=O) groups excluding carboxylic acids is 1. The zero-order valence-corrected chi connectivity index (χ0v) is 17.8. The smallest absolute Gasteiger partial charge is 0.246 e. The summed E-state index contributed by atoms with van der Waals surface area (Å²) in [6.45, 7) is 9.08. The Hall–Kier alpha value is -3.41. The standard InChI is InChI=1S/C24H27N3O3/c1-5-27(6-2)23(28)16-11-17(3)29-19-12-14-20(15-13-19)30-24-18(4)25-21-9-7-8-10-22(21)26-24/h7-17H,5-6H2,1-4H3. The number of para-hydroxylation sites is 2. The van der Waals surface area contributed by atoms with Gasteiger partial charge < -0.3 is 14.4 Å². The number of fused-ring (bicyclic) bond motifs is 1. The van der Waals surface area contributed by atoms with E-state index in [1.807, 2.05) is 76.2 Å². The molecule has 0 radical (unpaired) electrons. The first-order valence-electron chi connectivity index (χ1n) is 10.1. The van der Waals surface area contributed by atoms with Gasteiger partial charge in [0.1, 0.15) is 23.3 Å². The lowest BCUT2D eigenvalue weighted by Gasteiger charge is -2.16. The van der Waals surface area contributed by atoms with E-state index in [4.69, 9.17) is 9.47 Å². The molecule has 1 atom stereocenters. The highest BCUT2D eigenvalue weighted by atomic mass is 16.5. The van der Waals surface area contributed by atoms with Gasteiger partial charge in [-0.05, 0) is 70.2 Å². The van der Waals surface area contributed by atoms with Gasteiger partial charge in [0.2, 0.25) is 11.8 Å². The maximum atomic E-state index is 12.0. The van der Waals surface area contributed by atoms with Gasteiger partial charge in [0.15, 0.2) is 0 Å². The molecular weight excluding hydrogens is 378 g/mol. The molecule has 0 fully saturated rings. The lowest BCUT2D eigenvalue weighted by atomic mass is 10.3. The van der Waals surface area contributed by atoms with Crippen molar-refractivity contribution in [3.05, 3.63) is 66.4 Å². The molecule has 1 unspecified atom stereocenters. The molecule has 0 saturated heterocycles. The van der Waals surface area contributed by atoms with E-state index >= 15 is 0 Å². The van der Waals surface area contributed by atoms with Gasteiger partial charge in [-0.3, -0.25) is 4.79 Å². The van der Waals surface area contributed by atoms with Crippen molar-refractivity contribution in [1.29, 1.82) is 0 Å². The van der Waals surface area contributed by atoms with Crippen molar-refractivity contribution in [3.63, 3.8) is 0 Å². The molecule has 3 aromatic rings. The summed E-state index contributed by atoms with van der Waals surface area (Å²) in [5.41, 5.74) is 2.36. The number of aryl methyl sites for hydroxylation is 1.